The van der Waals surface area contributed by atoms with Gasteiger partial charge in [0.1, 0.15) is 5.82 Å². The second-order valence-electron chi connectivity index (χ2n) is 5.72. The highest BCUT2D eigenvalue weighted by Gasteiger charge is 2.22. The molecule has 1 aromatic rings. The molecule has 1 unspecified atom stereocenters. The number of nitrogens with zero attached hydrogens (tertiary/aromatic N) is 1. The summed E-state index contributed by atoms with van der Waals surface area (Å²) < 4.78 is 13.9. The van der Waals surface area contributed by atoms with Gasteiger partial charge >= 0.3 is 0 Å². The summed E-state index contributed by atoms with van der Waals surface area (Å²) in [5.74, 6) is -0.101. The van der Waals surface area contributed by atoms with Crippen molar-refractivity contribution < 1.29 is 4.39 Å². The van der Waals surface area contributed by atoms with Crippen LogP contribution in [-0.4, -0.2) is 31.1 Å². The first kappa shape index (κ1) is 15.5. The number of hydrogen-bond donors (Lipinski definition) is 1. The van der Waals surface area contributed by atoms with Crippen molar-refractivity contribution in [3.8, 4) is 0 Å². The van der Waals surface area contributed by atoms with Crippen LogP contribution in [-0.2, 0) is 0 Å². The molecule has 0 amide bonds. The van der Waals surface area contributed by atoms with E-state index in [0.717, 1.165) is 31.1 Å². The van der Waals surface area contributed by atoms with Crippen LogP contribution in [0.1, 0.15) is 50.6 Å². The van der Waals surface area contributed by atoms with E-state index < -0.39 is 0 Å². The average Bonchev–Trinajstić information content (AvgIpc) is 2.99. The minimum atomic E-state index is -0.101. The van der Waals surface area contributed by atoms with Gasteiger partial charge in [0.05, 0.1) is 0 Å². The third-order valence-electron chi connectivity index (χ3n) is 4.58. The van der Waals surface area contributed by atoms with E-state index in [-0.39, 0.29) is 11.9 Å². The Morgan fingerprint density at radius 3 is 2.60 bits per heavy atom. The van der Waals surface area contributed by atoms with Crippen molar-refractivity contribution in [1.29, 1.82) is 0 Å². The minimum Gasteiger partial charge on any atom is -0.313 e. The number of nitrogens with one attached hydrogen (secondary N) is 1. The number of halogens is 1. The Labute approximate surface area is 122 Å². The van der Waals surface area contributed by atoms with Crippen LogP contribution in [0.2, 0.25) is 0 Å². The second-order valence-corrected chi connectivity index (χ2v) is 5.72. The van der Waals surface area contributed by atoms with E-state index in [1.54, 1.807) is 12.1 Å². The molecule has 0 heterocycles. The van der Waals surface area contributed by atoms with Crippen LogP contribution >= 0.6 is 0 Å². The van der Waals surface area contributed by atoms with Gasteiger partial charge in [-0.25, -0.2) is 4.39 Å². The van der Waals surface area contributed by atoms with Crippen LogP contribution in [0.25, 0.3) is 0 Å². The van der Waals surface area contributed by atoms with E-state index in [1.165, 1.54) is 25.7 Å². The van der Waals surface area contributed by atoms with Gasteiger partial charge in [0.2, 0.25) is 0 Å². The topological polar surface area (TPSA) is 15.3 Å². The van der Waals surface area contributed by atoms with Crippen LogP contribution < -0.4 is 5.32 Å². The summed E-state index contributed by atoms with van der Waals surface area (Å²) in [5.41, 5.74) is 0.789. The van der Waals surface area contributed by atoms with Crippen LogP contribution in [0.15, 0.2) is 24.3 Å². The van der Waals surface area contributed by atoms with Gasteiger partial charge in [-0.1, -0.05) is 38.0 Å². The smallest absolute Gasteiger partial charge is 0.127 e. The predicted molar refractivity (Wildman–Crippen MR) is 82.3 cm³/mol. The lowest BCUT2D eigenvalue weighted by atomic mass is 10.0. The van der Waals surface area contributed by atoms with Crippen molar-refractivity contribution in [3.63, 3.8) is 0 Å². The molecule has 1 N–H and O–H groups in total. The summed E-state index contributed by atoms with van der Waals surface area (Å²) in [6.07, 6.45) is 6.35. The lowest BCUT2D eigenvalue weighted by Crippen LogP contribution is -2.35. The monoisotopic (exact) mass is 278 g/mol. The van der Waals surface area contributed by atoms with Gasteiger partial charge in [0, 0.05) is 24.2 Å². The molecule has 0 radical (unpaired) electrons. The van der Waals surface area contributed by atoms with Gasteiger partial charge in [0.15, 0.2) is 0 Å². The summed E-state index contributed by atoms with van der Waals surface area (Å²) in [5, 5.41) is 3.26. The van der Waals surface area contributed by atoms with Crippen molar-refractivity contribution >= 4 is 0 Å². The molecule has 3 heteroatoms. The zero-order chi connectivity index (χ0) is 14.4. The quantitative estimate of drug-likeness (QED) is 0.817. The Hall–Kier alpha value is -0.930. The third kappa shape index (κ3) is 3.80. The first-order valence-electron chi connectivity index (χ1n) is 7.92. The highest BCUT2D eigenvalue weighted by molar-refractivity contribution is 5.21. The van der Waals surface area contributed by atoms with Gasteiger partial charge in [-0.15, -0.1) is 0 Å². The van der Waals surface area contributed by atoms with Crippen molar-refractivity contribution in [2.45, 2.75) is 51.1 Å². The van der Waals surface area contributed by atoms with E-state index in [0.29, 0.717) is 0 Å². The summed E-state index contributed by atoms with van der Waals surface area (Å²) in [6.45, 7) is 4.37. The first-order valence-corrected chi connectivity index (χ1v) is 7.92. The molecule has 0 aromatic heterocycles. The van der Waals surface area contributed by atoms with Crippen LogP contribution in [0, 0.1) is 5.82 Å². The Bertz CT molecular complexity index is 402. The number of rotatable bonds is 7. The van der Waals surface area contributed by atoms with E-state index in [4.69, 9.17) is 0 Å². The zero-order valence-corrected chi connectivity index (χ0v) is 12.7. The van der Waals surface area contributed by atoms with E-state index in [1.807, 2.05) is 19.2 Å². The molecule has 2 nitrogen and oxygen atoms in total. The first-order chi connectivity index (χ1) is 9.76. The molecule has 1 fully saturated rings. The van der Waals surface area contributed by atoms with E-state index in [9.17, 15) is 4.39 Å². The predicted octanol–water partition coefficient (Wildman–Crippen LogP) is 3.74. The Morgan fingerprint density at radius 2 is 2.00 bits per heavy atom. The Balaban J connectivity index is 1.94. The van der Waals surface area contributed by atoms with E-state index >= 15 is 0 Å². The summed E-state index contributed by atoms with van der Waals surface area (Å²) >= 11 is 0. The Morgan fingerprint density at radius 1 is 1.30 bits per heavy atom. The van der Waals surface area contributed by atoms with Gasteiger partial charge in [-0.2, -0.15) is 0 Å². The van der Waals surface area contributed by atoms with Crippen molar-refractivity contribution in [1.82, 2.24) is 10.2 Å². The standard InChI is InChI=1S/C17H27FN2/c1-3-20(14-8-4-5-9-14)13-12-17(19-2)15-10-6-7-11-16(15)18/h6-7,10-11,14,17,19H,3-5,8-9,12-13H2,1-2H3. The summed E-state index contributed by atoms with van der Waals surface area (Å²) in [7, 11) is 1.92. The zero-order valence-electron chi connectivity index (χ0n) is 12.7. The molecule has 1 atom stereocenters. The maximum absolute atomic E-state index is 13.9. The van der Waals surface area contributed by atoms with Gasteiger partial charge < -0.3 is 10.2 Å². The molecule has 0 spiro atoms. The van der Waals surface area contributed by atoms with Gasteiger partial charge in [0.25, 0.3) is 0 Å². The lowest BCUT2D eigenvalue weighted by Gasteiger charge is -2.29. The largest absolute Gasteiger partial charge is 0.313 e. The molecule has 1 saturated carbocycles. The molecule has 1 aliphatic carbocycles. The fourth-order valence-electron chi connectivity index (χ4n) is 3.38. The molecule has 0 bridgehead atoms. The lowest BCUT2D eigenvalue weighted by molar-refractivity contribution is 0.198. The fraction of sp³-hybridized carbons (Fsp3) is 0.647. The molecule has 0 saturated heterocycles. The molecule has 0 aliphatic heterocycles. The Kier molecular flexibility index (Phi) is 5.99. The number of hydrogen-bond acceptors (Lipinski definition) is 2. The molecular formula is C17H27FN2. The second kappa shape index (κ2) is 7.75. The fourth-order valence-corrected chi connectivity index (χ4v) is 3.38. The minimum absolute atomic E-state index is 0.101. The van der Waals surface area contributed by atoms with Crippen molar-refractivity contribution in [3.05, 3.63) is 35.6 Å². The van der Waals surface area contributed by atoms with Crippen molar-refractivity contribution in [2.75, 3.05) is 20.1 Å². The van der Waals surface area contributed by atoms with Crippen molar-refractivity contribution in [2.24, 2.45) is 0 Å². The summed E-state index contributed by atoms with van der Waals surface area (Å²) in [6, 6.07) is 7.96. The molecule has 1 aromatic carbocycles. The normalized spacial score (nSPS) is 17.8. The van der Waals surface area contributed by atoms with Gasteiger partial charge in [-0.3, -0.25) is 0 Å². The molecule has 112 valence electrons. The highest BCUT2D eigenvalue weighted by Crippen LogP contribution is 2.25. The molecule has 2 rings (SSSR count). The highest BCUT2D eigenvalue weighted by atomic mass is 19.1. The average molecular weight is 278 g/mol. The molecule has 20 heavy (non-hydrogen) atoms. The molecule has 1 aliphatic rings. The SMILES string of the molecule is CCN(CCC(NC)c1ccccc1F)C1CCCC1. The number of benzene rings is 1. The summed E-state index contributed by atoms with van der Waals surface area (Å²) in [4.78, 5) is 2.57. The maximum atomic E-state index is 13.9. The van der Waals surface area contributed by atoms with Crippen LogP contribution in [0.5, 0.6) is 0 Å². The van der Waals surface area contributed by atoms with E-state index in [2.05, 4.69) is 17.1 Å². The van der Waals surface area contributed by atoms with Crippen LogP contribution in [0.3, 0.4) is 0 Å². The van der Waals surface area contributed by atoms with Crippen LogP contribution in [0.4, 0.5) is 4.39 Å². The molecular weight excluding hydrogens is 251 g/mol. The third-order valence-corrected chi connectivity index (χ3v) is 4.58. The maximum Gasteiger partial charge on any atom is 0.127 e. The van der Waals surface area contributed by atoms with Gasteiger partial charge in [-0.05, 0) is 38.9 Å².